The molecular weight excluding hydrogens is 286 g/mol. The van der Waals surface area contributed by atoms with Crippen LogP contribution in [0, 0.1) is 19.8 Å². The van der Waals surface area contributed by atoms with Gasteiger partial charge in [-0.15, -0.1) is 0 Å². The van der Waals surface area contributed by atoms with E-state index >= 15 is 0 Å². The van der Waals surface area contributed by atoms with Crippen LogP contribution in [0.1, 0.15) is 17.5 Å². The fraction of sp³-hybridized carbons (Fsp3) is 0.429. The number of carbonyl (C=O) groups excluding carboxylic acids is 1. The van der Waals surface area contributed by atoms with Crippen LogP contribution in [0.5, 0.6) is 0 Å². The molecule has 3 rings (SSSR count). The molecule has 1 saturated heterocycles. The maximum atomic E-state index is 12.1. The summed E-state index contributed by atoms with van der Waals surface area (Å²) in [6, 6.07) is 4.20. The van der Waals surface area contributed by atoms with Crippen LogP contribution in [0.2, 0.25) is 0 Å². The van der Waals surface area contributed by atoms with Crippen LogP contribution < -0.4 is 4.90 Å². The zero-order chi connectivity index (χ0) is 15.0. The summed E-state index contributed by atoms with van der Waals surface area (Å²) in [7, 11) is 0. The van der Waals surface area contributed by atoms with Gasteiger partial charge in [0.25, 0.3) is 0 Å². The first kappa shape index (κ1) is 13.9. The zero-order valence-corrected chi connectivity index (χ0v) is 12.7. The van der Waals surface area contributed by atoms with Gasteiger partial charge in [-0.2, -0.15) is 0 Å². The number of rotatable bonds is 3. The van der Waals surface area contributed by atoms with Gasteiger partial charge in [0.15, 0.2) is 5.13 Å². The largest absolute Gasteiger partial charge is 0.288 e. The van der Waals surface area contributed by atoms with E-state index in [-0.39, 0.29) is 11.8 Å². The van der Waals surface area contributed by atoms with Gasteiger partial charge in [0.05, 0.1) is 10.2 Å². The summed E-state index contributed by atoms with van der Waals surface area (Å²) in [6.45, 7) is 5.04. The number of anilines is 1. The van der Waals surface area contributed by atoms with Crippen molar-refractivity contribution >= 4 is 32.6 Å². The zero-order valence-electron chi connectivity index (χ0n) is 11.9. The fourth-order valence-corrected chi connectivity index (χ4v) is 3.88. The molecule has 1 aromatic carbocycles. The van der Waals surface area contributed by atoms with E-state index in [4.69, 9.17) is 5.53 Å². The second-order valence-electron chi connectivity index (χ2n) is 5.41. The van der Waals surface area contributed by atoms with E-state index in [1.54, 1.807) is 16.2 Å². The Morgan fingerprint density at radius 3 is 3.10 bits per heavy atom. The molecule has 0 bridgehead atoms. The molecular formula is C14H15N5OS. The van der Waals surface area contributed by atoms with E-state index < -0.39 is 0 Å². The normalized spacial score (nSPS) is 18.3. The van der Waals surface area contributed by atoms with Crippen LogP contribution in [0.15, 0.2) is 17.2 Å². The predicted octanol–water partition coefficient (Wildman–Crippen LogP) is 3.58. The smallest absolute Gasteiger partial charge is 0.229 e. The van der Waals surface area contributed by atoms with Crippen LogP contribution in [-0.4, -0.2) is 24.0 Å². The molecule has 108 valence electrons. The highest BCUT2D eigenvalue weighted by Crippen LogP contribution is 2.34. The third kappa shape index (κ3) is 2.57. The number of nitrogens with zero attached hydrogens (tertiary/aromatic N) is 5. The Hall–Kier alpha value is -2.11. The van der Waals surface area contributed by atoms with Crippen molar-refractivity contribution in [1.29, 1.82) is 0 Å². The van der Waals surface area contributed by atoms with E-state index in [0.29, 0.717) is 19.5 Å². The second-order valence-corrected chi connectivity index (χ2v) is 6.42. The lowest BCUT2D eigenvalue weighted by Gasteiger charge is -2.11. The van der Waals surface area contributed by atoms with Crippen LogP contribution in [0.25, 0.3) is 20.7 Å². The van der Waals surface area contributed by atoms with Crippen molar-refractivity contribution in [3.8, 4) is 0 Å². The van der Waals surface area contributed by atoms with Crippen LogP contribution in [0.4, 0.5) is 5.13 Å². The van der Waals surface area contributed by atoms with Crippen molar-refractivity contribution in [2.24, 2.45) is 11.0 Å². The van der Waals surface area contributed by atoms with E-state index in [1.165, 1.54) is 5.56 Å². The molecule has 6 nitrogen and oxygen atoms in total. The Labute approximate surface area is 126 Å². The number of carbonyl (C=O) groups is 1. The Morgan fingerprint density at radius 1 is 1.52 bits per heavy atom. The second kappa shape index (κ2) is 5.35. The quantitative estimate of drug-likeness (QED) is 0.493. The van der Waals surface area contributed by atoms with Crippen molar-refractivity contribution in [1.82, 2.24) is 4.98 Å². The summed E-state index contributed by atoms with van der Waals surface area (Å²) in [6.07, 6.45) is 0.424. The number of aryl methyl sites for hydroxylation is 2. The first-order valence-electron chi connectivity index (χ1n) is 6.77. The Balaban J connectivity index is 1.92. The molecule has 2 heterocycles. The van der Waals surface area contributed by atoms with Gasteiger partial charge in [0, 0.05) is 24.4 Å². The number of amides is 1. The Morgan fingerprint density at radius 2 is 2.33 bits per heavy atom. The molecule has 1 unspecified atom stereocenters. The lowest BCUT2D eigenvalue weighted by molar-refractivity contribution is -0.117. The minimum atomic E-state index is 0.0570. The molecule has 1 aliphatic rings. The average molecular weight is 301 g/mol. The number of fused-ring (bicyclic) bond motifs is 1. The topological polar surface area (TPSA) is 82.0 Å². The van der Waals surface area contributed by atoms with Gasteiger partial charge in [0.2, 0.25) is 5.91 Å². The highest BCUT2D eigenvalue weighted by atomic mass is 32.1. The van der Waals surface area contributed by atoms with Crippen LogP contribution in [0.3, 0.4) is 0 Å². The highest BCUT2D eigenvalue weighted by molar-refractivity contribution is 7.22. The van der Waals surface area contributed by atoms with Gasteiger partial charge in [-0.25, -0.2) is 4.98 Å². The maximum Gasteiger partial charge on any atom is 0.229 e. The van der Waals surface area contributed by atoms with Crippen molar-refractivity contribution in [2.75, 3.05) is 18.0 Å². The Kier molecular flexibility index (Phi) is 3.53. The summed E-state index contributed by atoms with van der Waals surface area (Å²) >= 11 is 1.54. The van der Waals surface area contributed by atoms with Gasteiger partial charge in [-0.1, -0.05) is 22.5 Å². The average Bonchev–Trinajstić information content (AvgIpc) is 2.99. The SMILES string of the molecule is Cc1cc(C)c2nc(N3CC(CN=[N+]=[N-])CC3=O)sc2c1. The lowest BCUT2D eigenvalue weighted by Crippen LogP contribution is -2.24. The van der Waals surface area contributed by atoms with Gasteiger partial charge in [-0.05, 0) is 42.5 Å². The third-order valence-corrected chi connectivity index (χ3v) is 4.68. The first-order valence-corrected chi connectivity index (χ1v) is 7.59. The molecule has 1 aliphatic heterocycles. The Bertz CT molecular complexity index is 762. The molecule has 1 amide bonds. The predicted molar refractivity (Wildman–Crippen MR) is 83.6 cm³/mol. The highest BCUT2D eigenvalue weighted by Gasteiger charge is 2.32. The van der Waals surface area contributed by atoms with E-state index in [9.17, 15) is 4.79 Å². The fourth-order valence-electron chi connectivity index (χ4n) is 2.72. The standard InChI is InChI=1S/C14H15N5OS/c1-8-3-9(2)13-11(4-8)21-14(17-13)19-7-10(5-12(19)20)6-16-18-15/h3-4,10H,5-7H2,1-2H3. The van der Waals surface area contributed by atoms with E-state index in [1.807, 2.05) is 6.92 Å². The number of hydrogen-bond acceptors (Lipinski definition) is 4. The minimum Gasteiger partial charge on any atom is -0.288 e. The number of azide groups is 1. The molecule has 0 radical (unpaired) electrons. The van der Waals surface area contributed by atoms with Gasteiger partial charge in [-0.3, -0.25) is 9.69 Å². The molecule has 0 saturated carbocycles. The summed E-state index contributed by atoms with van der Waals surface area (Å²) in [5, 5.41) is 4.31. The van der Waals surface area contributed by atoms with Crippen molar-refractivity contribution in [2.45, 2.75) is 20.3 Å². The minimum absolute atomic E-state index is 0.0570. The molecule has 1 atom stereocenters. The lowest BCUT2D eigenvalue weighted by atomic mass is 10.1. The number of thiazole rings is 1. The van der Waals surface area contributed by atoms with E-state index in [0.717, 1.165) is 20.9 Å². The molecule has 0 aliphatic carbocycles. The molecule has 1 fully saturated rings. The van der Waals surface area contributed by atoms with Gasteiger partial charge < -0.3 is 0 Å². The maximum absolute atomic E-state index is 12.1. The van der Waals surface area contributed by atoms with Gasteiger partial charge in [0.1, 0.15) is 0 Å². The van der Waals surface area contributed by atoms with Crippen molar-refractivity contribution in [3.63, 3.8) is 0 Å². The molecule has 1 aromatic heterocycles. The monoisotopic (exact) mass is 301 g/mol. The number of benzene rings is 1. The first-order chi connectivity index (χ1) is 10.1. The van der Waals surface area contributed by atoms with Crippen LogP contribution >= 0.6 is 11.3 Å². The summed E-state index contributed by atoms with van der Waals surface area (Å²) in [4.78, 5) is 21.2. The molecule has 21 heavy (non-hydrogen) atoms. The van der Waals surface area contributed by atoms with Crippen molar-refractivity contribution < 1.29 is 4.79 Å². The van der Waals surface area contributed by atoms with Gasteiger partial charge >= 0.3 is 0 Å². The molecule has 2 aromatic rings. The van der Waals surface area contributed by atoms with Crippen LogP contribution in [-0.2, 0) is 4.79 Å². The number of hydrogen-bond donors (Lipinski definition) is 0. The number of aromatic nitrogens is 1. The third-order valence-electron chi connectivity index (χ3n) is 3.66. The van der Waals surface area contributed by atoms with E-state index in [2.05, 4.69) is 34.1 Å². The molecule has 7 heteroatoms. The summed E-state index contributed by atoms with van der Waals surface area (Å²) < 4.78 is 1.11. The van der Waals surface area contributed by atoms with Crippen molar-refractivity contribution in [3.05, 3.63) is 33.7 Å². The molecule has 0 spiro atoms. The summed E-state index contributed by atoms with van der Waals surface area (Å²) in [5.74, 6) is 0.143. The summed E-state index contributed by atoms with van der Waals surface area (Å²) in [5.41, 5.74) is 11.7. The molecule has 0 N–H and O–H groups in total.